The second kappa shape index (κ2) is 1.99. The lowest BCUT2D eigenvalue weighted by Crippen LogP contribution is -1.82. The molecule has 0 aromatic carbocycles. The van der Waals surface area contributed by atoms with Crippen LogP contribution in [0.2, 0.25) is 0 Å². The van der Waals surface area contributed by atoms with Crippen molar-refractivity contribution in [3.63, 3.8) is 0 Å². The molecule has 1 N–H and O–H groups in total. The fraction of sp³-hybridized carbons (Fsp3) is 0.125. The Kier molecular flexibility index (Phi) is 1.12. The van der Waals surface area contributed by atoms with Gasteiger partial charge in [0.05, 0.1) is 10.9 Å². The molecular formula is C8H8N2O. The number of aromatic nitrogens is 2. The molecule has 0 spiro atoms. The van der Waals surface area contributed by atoms with Gasteiger partial charge in [0.2, 0.25) is 0 Å². The van der Waals surface area contributed by atoms with Crippen molar-refractivity contribution in [2.45, 2.75) is 0 Å². The number of pyridine rings is 1. The van der Waals surface area contributed by atoms with Gasteiger partial charge in [-0.15, -0.1) is 0 Å². The van der Waals surface area contributed by atoms with E-state index in [9.17, 15) is 5.11 Å². The van der Waals surface area contributed by atoms with E-state index in [0.717, 1.165) is 10.9 Å². The van der Waals surface area contributed by atoms with E-state index in [4.69, 9.17) is 0 Å². The second-order valence-electron chi connectivity index (χ2n) is 2.52. The van der Waals surface area contributed by atoms with Crippen molar-refractivity contribution < 1.29 is 5.11 Å². The van der Waals surface area contributed by atoms with E-state index in [1.54, 1.807) is 18.6 Å². The zero-order valence-electron chi connectivity index (χ0n) is 6.15. The van der Waals surface area contributed by atoms with Crippen LogP contribution in [0.5, 0.6) is 5.75 Å². The molecule has 0 saturated carbocycles. The van der Waals surface area contributed by atoms with E-state index in [0.29, 0.717) is 0 Å². The maximum atomic E-state index is 9.33. The molecule has 0 saturated heterocycles. The van der Waals surface area contributed by atoms with E-state index in [-0.39, 0.29) is 5.75 Å². The highest BCUT2D eigenvalue weighted by molar-refractivity contribution is 5.85. The molecule has 2 aromatic rings. The summed E-state index contributed by atoms with van der Waals surface area (Å²) in [5.41, 5.74) is 0.998. The highest BCUT2D eigenvalue weighted by Crippen LogP contribution is 2.24. The minimum absolute atomic E-state index is 0.288. The summed E-state index contributed by atoms with van der Waals surface area (Å²) in [4.78, 5) is 3.91. The van der Waals surface area contributed by atoms with Crippen LogP contribution in [-0.2, 0) is 7.05 Å². The lowest BCUT2D eigenvalue weighted by atomic mass is 10.3. The molecule has 0 bridgehead atoms. The van der Waals surface area contributed by atoms with Crippen LogP contribution in [-0.4, -0.2) is 14.7 Å². The van der Waals surface area contributed by atoms with Crippen LogP contribution in [0.25, 0.3) is 10.9 Å². The van der Waals surface area contributed by atoms with Gasteiger partial charge in [-0.3, -0.25) is 4.98 Å². The molecule has 0 aliphatic rings. The van der Waals surface area contributed by atoms with Crippen molar-refractivity contribution in [3.05, 3.63) is 24.7 Å². The number of aromatic hydroxyl groups is 1. The minimum atomic E-state index is 0.288. The maximum Gasteiger partial charge on any atom is 0.142 e. The third kappa shape index (κ3) is 0.774. The zero-order chi connectivity index (χ0) is 7.84. The normalized spacial score (nSPS) is 10.6. The van der Waals surface area contributed by atoms with Crippen molar-refractivity contribution in [3.8, 4) is 5.75 Å². The van der Waals surface area contributed by atoms with Gasteiger partial charge in [0, 0.05) is 25.6 Å². The number of hydrogen-bond donors (Lipinski definition) is 1. The van der Waals surface area contributed by atoms with E-state index in [1.165, 1.54) is 0 Å². The van der Waals surface area contributed by atoms with Gasteiger partial charge in [0.15, 0.2) is 0 Å². The Labute approximate surface area is 63.9 Å². The molecular weight excluding hydrogens is 140 g/mol. The van der Waals surface area contributed by atoms with Crippen molar-refractivity contribution in [2.75, 3.05) is 0 Å². The van der Waals surface area contributed by atoms with Crippen molar-refractivity contribution >= 4 is 10.9 Å². The van der Waals surface area contributed by atoms with Crippen LogP contribution in [0.1, 0.15) is 0 Å². The molecule has 0 unspecified atom stereocenters. The van der Waals surface area contributed by atoms with Crippen molar-refractivity contribution in [2.24, 2.45) is 7.05 Å². The molecule has 3 heteroatoms. The maximum absolute atomic E-state index is 9.33. The summed E-state index contributed by atoms with van der Waals surface area (Å²) in [5, 5.41) is 10.1. The lowest BCUT2D eigenvalue weighted by Gasteiger charge is -1.91. The summed E-state index contributed by atoms with van der Waals surface area (Å²) >= 11 is 0. The number of rotatable bonds is 0. The predicted molar refractivity (Wildman–Crippen MR) is 42.4 cm³/mol. The number of hydrogen-bond acceptors (Lipinski definition) is 2. The molecule has 56 valence electrons. The van der Waals surface area contributed by atoms with Crippen LogP contribution in [0.4, 0.5) is 0 Å². The van der Waals surface area contributed by atoms with Crippen molar-refractivity contribution in [1.82, 2.24) is 9.55 Å². The number of aryl methyl sites for hydroxylation is 1. The molecule has 2 heterocycles. The van der Waals surface area contributed by atoms with Crippen LogP contribution < -0.4 is 0 Å². The first-order valence-electron chi connectivity index (χ1n) is 3.37. The summed E-state index contributed by atoms with van der Waals surface area (Å²) < 4.78 is 1.87. The lowest BCUT2D eigenvalue weighted by molar-refractivity contribution is 0.479. The largest absolute Gasteiger partial charge is 0.506 e. The number of nitrogens with zero attached hydrogens (tertiary/aromatic N) is 2. The van der Waals surface area contributed by atoms with Gasteiger partial charge in [0.25, 0.3) is 0 Å². The minimum Gasteiger partial charge on any atom is -0.506 e. The summed E-state index contributed by atoms with van der Waals surface area (Å²) in [6, 6.07) is 1.87. The summed E-state index contributed by atoms with van der Waals surface area (Å²) in [7, 11) is 1.89. The second-order valence-corrected chi connectivity index (χ2v) is 2.52. The molecule has 11 heavy (non-hydrogen) atoms. The average molecular weight is 148 g/mol. The highest BCUT2D eigenvalue weighted by Gasteiger charge is 2.02. The van der Waals surface area contributed by atoms with E-state index < -0.39 is 0 Å². The highest BCUT2D eigenvalue weighted by atomic mass is 16.3. The van der Waals surface area contributed by atoms with Gasteiger partial charge in [0.1, 0.15) is 5.75 Å². The summed E-state index contributed by atoms with van der Waals surface area (Å²) in [6.07, 6.45) is 5.04. The third-order valence-electron chi connectivity index (χ3n) is 1.77. The van der Waals surface area contributed by atoms with E-state index >= 15 is 0 Å². The zero-order valence-corrected chi connectivity index (χ0v) is 6.15. The van der Waals surface area contributed by atoms with Gasteiger partial charge in [-0.2, -0.15) is 0 Å². The van der Waals surface area contributed by atoms with Gasteiger partial charge in [-0.1, -0.05) is 0 Å². The molecule has 0 aliphatic carbocycles. The third-order valence-corrected chi connectivity index (χ3v) is 1.77. The standard InChI is InChI=1S/C8H8N2O/c1-10-5-8(11)6-4-9-3-2-7(6)10/h2-5,11H,1H3. The quantitative estimate of drug-likeness (QED) is 0.611. The van der Waals surface area contributed by atoms with Crippen molar-refractivity contribution in [1.29, 1.82) is 0 Å². The molecule has 0 fully saturated rings. The van der Waals surface area contributed by atoms with Crippen LogP contribution in [0.3, 0.4) is 0 Å². The van der Waals surface area contributed by atoms with Gasteiger partial charge in [-0.05, 0) is 6.07 Å². The molecule has 0 radical (unpaired) electrons. The Bertz CT molecular complexity index is 356. The number of fused-ring (bicyclic) bond motifs is 1. The Morgan fingerprint density at radius 1 is 1.55 bits per heavy atom. The molecule has 0 atom stereocenters. The van der Waals surface area contributed by atoms with E-state index in [2.05, 4.69) is 4.98 Å². The SMILES string of the molecule is Cn1cc(O)c2cnccc21. The van der Waals surface area contributed by atoms with Gasteiger partial charge in [-0.25, -0.2) is 0 Å². The Balaban J connectivity index is 2.95. The monoisotopic (exact) mass is 148 g/mol. The smallest absolute Gasteiger partial charge is 0.142 e. The Morgan fingerprint density at radius 2 is 2.36 bits per heavy atom. The predicted octanol–water partition coefficient (Wildman–Crippen LogP) is 1.28. The summed E-state index contributed by atoms with van der Waals surface area (Å²) in [6.45, 7) is 0. The molecule has 0 aliphatic heterocycles. The summed E-state index contributed by atoms with van der Waals surface area (Å²) in [5.74, 6) is 0.288. The topological polar surface area (TPSA) is 38.0 Å². The molecule has 3 nitrogen and oxygen atoms in total. The fourth-order valence-electron chi connectivity index (χ4n) is 1.21. The fourth-order valence-corrected chi connectivity index (χ4v) is 1.21. The first-order valence-corrected chi connectivity index (χ1v) is 3.37. The first kappa shape index (κ1) is 6.22. The van der Waals surface area contributed by atoms with Crippen LogP contribution >= 0.6 is 0 Å². The Morgan fingerprint density at radius 3 is 3.09 bits per heavy atom. The molecule has 2 rings (SSSR count). The van der Waals surface area contributed by atoms with Gasteiger partial charge >= 0.3 is 0 Å². The van der Waals surface area contributed by atoms with Gasteiger partial charge < -0.3 is 9.67 Å². The van der Waals surface area contributed by atoms with Crippen LogP contribution in [0.15, 0.2) is 24.7 Å². The Hall–Kier alpha value is -1.51. The van der Waals surface area contributed by atoms with E-state index in [1.807, 2.05) is 17.7 Å². The average Bonchev–Trinajstić information content (AvgIpc) is 2.30. The van der Waals surface area contributed by atoms with Crippen LogP contribution in [0, 0.1) is 0 Å². The molecule has 2 aromatic heterocycles. The first-order chi connectivity index (χ1) is 5.29. The molecule has 0 amide bonds.